The molecule has 1 aromatic carbocycles. The molecule has 7 heteroatoms. The summed E-state index contributed by atoms with van der Waals surface area (Å²) < 4.78 is 22.2. The van der Waals surface area contributed by atoms with Gasteiger partial charge in [0.15, 0.2) is 0 Å². The topological polar surface area (TPSA) is 101 Å². The van der Waals surface area contributed by atoms with E-state index in [-0.39, 0.29) is 10.9 Å². The molecule has 6 nitrogen and oxygen atoms in total. The van der Waals surface area contributed by atoms with Crippen LogP contribution in [0.1, 0.15) is 19.4 Å². The molecule has 0 aliphatic heterocycles. The maximum Gasteiger partial charge on any atom is 0.318 e. The van der Waals surface area contributed by atoms with Crippen LogP contribution in [0, 0.1) is 0 Å². The first-order valence-corrected chi connectivity index (χ1v) is 7.63. The first-order chi connectivity index (χ1) is 9.29. The standard InChI is InChI=1S/C13H19N3O3S/c1-10(2)9-16-13(17)15-8-7-11-3-5-12(6-4-11)20(14,18)19/h3-6,9H,7-8H2,1-2H3,(H2,14,18,19)(H2,15,16,17). The maximum atomic E-state index is 11.4. The van der Waals surface area contributed by atoms with Crippen molar-refractivity contribution in [3.63, 3.8) is 0 Å². The van der Waals surface area contributed by atoms with Gasteiger partial charge in [0.2, 0.25) is 10.0 Å². The molecule has 1 aromatic rings. The van der Waals surface area contributed by atoms with Gasteiger partial charge in [-0.3, -0.25) is 0 Å². The van der Waals surface area contributed by atoms with E-state index >= 15 is 0 Å². The van der Waals surface area contributed by atoms with E-state index in [1.807, 2.05) is 13.8 Å². The number of nitrogens with two attached hydrogens (primary N) is 1. The number of hydrogen-bond donors (Lipinski definition) is 3. The lowest BCUT2D eigenvalue weighted by atomic mass is 10.1. The highest BCUT2D eigenvalue weighted by Gasteiger charge is 2.06. The predicted molar refractivity (Wildman–Crippen MR) is 77.5 cm³/mol. The number of rotatable bonds is 5. The number of carbonyl (C=O) groups excluding carboxylic acids is 1. The Kier molecular flexibility index (Phi) is 5.72. The van der Waals surface area contributed by atoms with Crippen LogP contribution >= 0.6 is 0 Å². The Morgan fingerprint density at radius 1 is 1.25 bits per heavy atom. The van der Waals surface area contributed by atoms with Crippen LogP contribution in [0.3, 0.4) is 0 Å². The lowest BCUT2D eigenvalue weighted by Gasteiger charge is -2.06. The zero-order chi connectivity index (χ0) is 15.2. The Morgan fingerprint density at radius 3 is 2.35 bits per heavy atom. The molecule has 20 heavy (non-hydrogen) atoms. The predicted octanol–water partition coefficient (Wildman–Crippen LogP) is 1.10. The Labute approximate surface area is 119 Å². The summed E-state index contributed by atoms with van der Waals surface area (Å²) in [6, 6.07) is 5.99. The van der Waals surface area contributed by atoms with Crippen LogP contribution in [0.15, 0.2) is 40.9 Å². The second kappa shape index (κ2) is 7.06. The van der Waals surface area contributed by atoms with Gasteiger partial charge in [-0.05, 0) is 38.0 Å². The van der Waals surface area contributed by atoms with Gasteiger partial charge in [-0.15, -0.1) is 0 Å². The fourth-order valence-corrected chi connectivity index (χ4v) is 1.94. The van der Waals surface area contributed by atoms with E-state index in [1.54, 1.807) is 18.3 Å². The van der Waals surface area contributed by atoms with Gasteiger partial charge in [-0.25, -0.2) is 18.4 Å². The molecule has 0 saturated heterocycles. The molecule has 0 heterocycles. The SMILES string of the molecule is CC(C)=CNC(=O)NCCc1ccc(S(N)(=O)=O)cc1. The van der Waals surface area contributed by atoms with Crippen LogP contribution in [0.5, 0.6) is 0 Å². The number of hydrogen-bond acceptors (Lipinski definition) is 3. The van der Waals surface area contributed by atoms with Crippen LogP contribution < -0.4 is 15.8 Å². The fourth-order valence-electron chi connectivity index (χ4n) is 1.43. The fraction of sp³-hybridized carbons (Fsp3) is 0.308. The molecule has 0 aromatic heterocycles. The molecule has 0 aliphatic rings. The summed E-state index contributed by atoms with van der Waals surface area (Å²) in [4.78, 5) is 11.4. The summed E-state index contributed by atoms with van der Waals surface area (Å²) in [5.74, 6) is 0. The monoisotopic (exact) mass is 297 g/mol. The highest BCUT2D eigenvalue weighted by Crippen LogP contribution is 2.08. The largest absolute Gasteiger partial charge is 0.338 e. The van der Waals surface area contributed by atoms with Crippen molar-refractivity contribution >= 4 is 16.1 Å². The summed E-state index contributed by atoms with van der Waals surface area (Å²) in [5.41, 5.74) is 1.92. The number of nitrogens with one attached hydrogen (secondary N) is 2. The number of allylic oxidation sites excluding steroid dienone is 1. The summed E-state index contributed by atoms with van der Waals surface area (Å²) in [6.07, 6.45) is 2.23. The number of sulfonamides is 1. The lowest BCUT2D eigenvalue weighted by Crippen LogP contribution is -2.33. The van der Waals surface area contributed by atoms with E-state index < -0.39 is 10.0 Å². The number of primary sulfonamides is 1. The molecule has 0 fully saturated rings. The Hall–Kier alpha value is -1.86. The molecule has 0 aliphatic carbocycles. The van der Waals surface area contributed by atoms with Gasteiger partial charge >= 0.3 is 6.03 Å². The zero-order valence-electron chi connectivity index (χ0n) is 11.5. The Bertz CT molecular complexity index is 588. The van der Waals surface area contributed by atoms with Gasteiger partial charge in [0.05, 0.1) is 4.90 Å². The van der Waals surface area contributed by atoms with Gasteiger partial charge in [0, 0.05) is 12.7 Å². The summed E-state index contributed by atoms with van der Waals surface area (Å²) in [7, 11) is -3.66. The van der Waals surface area contributed by atoms with Crippen molar-refractivity contribution in [2.75, 3.05) is 6.54 Å². The van der Waals surface area contributed by atoms with Crippen molar-refractivity contribution in [3.8, 4) is 0 Å². The van der Waals surface area contributed by atoms with Crippen LogP contribution in [-0.2, 0) is 16.4 Å². The van der Waals surface area contributed by atoms with Crippen molar-refractivity contribution in [3.05, 3.63) is 41.6 Å². The van der Waals surface area contributed by atoms with E-state index in [4.69, 9.17) is 5.14 Å². The zero-order valence-corrected chi connectivity index (χ0v) is 12.3. The molecule has 0 atom stereocenters. The first kappa shape index (κ1) is 16.2. The minimum atomic E-state index is -3.66. The highest BCUT2D eigenvalue weighted by atomic mass is 32.2. The van der Waals surface area contributed by atoms with E-state index in [2.05, 4.69) is 10.6 Å². The third-order valence-corrected chi connectivity index (χ3v) is 3.37. The summed E-state index contributed by atoms with van der Waals surface area (Å²) in [6.45, 7) is 4.22. The second-order valence-electron chi connectivity index (χ2n) is 4.56. The van der Waals surface area contributed by atoms with Gasteiger partial charge < -0.3 is 10.6 Å². The first-order valence-electron chi connectivity index (χ1n) is 6.08. The van der Waals surface area contributed by atoms with Crippen LogP contribution in [-0.4, -0.2) is 21.0 Å². The quantitative estimate of drug-likeness (QED) is 0.758. The van der Waals surface area contributed by atoms with Gasteiger partial charge in [0.1, 0.15) is 0 Å². The number of benzene rings is 1. The van der Waals surface area contributed by atoms with Crippen molar-refractivity contribution in [2.24, 2.45) is 5.14 Å². The molecule has 2 amide bonds. The Balaban J connectivity index is 2.43. The minimum absolute atomic E-state index is 0.0792. The molecule has 0 saturated carbocycles. The van der Waals surface area contributed by atoms with Gasteiger partial charge in [0.25, 0.3) is 0 Å². The van der Waals surface area contributed by atoms with Crippen LogP contribution in [0.2, 0.25) is 0 Å². The number of amides is 2. The Morgan fingerprint density at radius 2 is 1.85 bits per heavy atom. The third-order valence-electron chi connectivity index (χ3n) is 2.44. The van der Waals surface area contributed by atoms with Crippen LogP contribution in [0.25, 0.3) is 0 Å². The minimum Gasteiger partial charge on any atom is -0.338 e. The van der Waals surface area contributed by atoms with Gasteiger partial charge in [-0.2, -0.15) is 0 Å². The van der Waals surface area contributed by atoms with Crippen molar-refractivity contribution in [1.82, 2.24) is 10.6 Å². The van der Waals surface area contributed by atoms with E-state index in [1.165, 1.54) is 12.1 Å². The molecule has 4 N–H and O–H groups in total. The van der Waals surface area contributed by atoms with E-state index in [0.29, 0.717) is 13.0 Å². The lowest BCUT2D eigenvalue weighted by molar-refractivity contribution is 0.244. The normalized spacial score (nSPS) is 10.8. The molecule has 1 rings (SSSR count). The molecular formula is C13H19N3O3S. The number of carbonyl (C=O) groups is 1. The van der Waals surface area contributed by atoms with Gasteiger partial charge in [-0.1, -0.05) is 17.7 Å². The molecule has 110 valence electrons. The van der Waals surface area contributed by atoms with Crippen LogP contribution in [0.4, 0.5) is 4.79 Å². The maximum absolute atomic E-state index is 11.4. The van der Waals surface area contributed by atoms with Crippen molar-refractivity contribution in [2.45, 2.75) is 25.2 Å². The molecular weight excluding hydrogens is 278 g/mol. The van der Waals surface area contributed by atoms with Crippen molar-refractivity contribution < 1.29 is 13.2 Å². The number of urea groups is 1. The highest BCUT2D eigenvalue weighted by molar-refractivity contribution is 7.89. The van der Waals surface area contributed by atoms with E-state index in [0.717, 1.165) is 11.1 Å². The smallest absolute Gasteiger partial charge is 0.318 e. The molecule has 0 radical (unpaired) electrons. The summed E-state index contributed by atoms with van der Waals surface area (Å²) >= 11 is 0. The van der Waals surface area contributed by atoms with Crippen molar-refractivity contribution in [1.29, 1.82) is 0 Å². The second-order valence-corrected chi connectivity index (χ2v) is 6.12. The third kappa shape index (κ3) is 5.85. The average Bonchev–Trinajstić information content (AvgIpc) is 2.36. The molecule has 0 unspecified atom stereocenters. The molecule has 0 bridgehead atoms. The molecule has 0 spiro atoms. The average molecular weight is 297 g/mol. The summed E-state index contributed by atoms with van der Waals surface area (Å²) in [5, 5.41) is 10.3. The van der Waals surface area contributed by atoms with E-state index in [9.17, 15) is 13.2 Å².